The van der Waals surface area contributed by atoms with Crippen molar-refractivity contribution in [1.82, 2.24) is 10.2 Å². The monoisotopic (exact) mass is 355 g/mol. The second-order valence-corrected chi connectivity index (χ2v) is 7.61. The Morgan fingerprint density at radius 3 is 3.00 bits per heavy atom. The van der Waals surface area contributed by atoms with Crippen molar-refractivity contribution in [1.29, 1.82) is 0 Å². The molecule has 2 aromatic rings. The van der Waals surface area contributed by atoms with Crippen LogP contribution < -0.4 is 10.2 Å². The van der Waals surface area contributed by atoms with Crippen LogP contribution in [0.5, 0.6) is 0 Å². The third-order valence-corrected chi connectivity index (χ3v) is 5.93. The summed E-state index contributed by atoms with van der Waals surface area (Å²) in [4.78, 5) is 30.5. The Balaban J connectivity index is 1.58. The van der Waals surface area contributed by atoms with E-state index in [9.17, 15) is 9.59 Å². The van der Waals surface area contributed by atoms with Crippen molar-refractivity contribution in [2.45, 2.75) is 32.0 Å². The zero-order valence-electron chi connectivity index (χ0n) is 14.2. The Labute approximate surface area is 151 Å². The van der Waals surface area contributed by atoms with Crippen molar-refractivity contribution in [2.24, 2.45) is 0 Å². The van der Waals surface area contributed by atoms with Crippen molar-refractivity contribution in [3.63, 3.8) is 0 Å². The highest BCUT2D eigenvalue weighted by molar-refractivity contribution is 7.09. The molecule has 0 radical (unpaired) electrons. The van der Waals surface area contributed by atoms with E-state index in [0.717, 1.165) is 36.4 Å². The average molecular weight is 355 g/mol. The number of thiophene rings is 1. The average Bonchev–Trinajstić information content (AvgIpc) is 3.17. The van der Waals surface area contributed by atoms with Gasteiger partial charge in [-0.1, -0.05) is 6.07 Å². The first kappa shape index (κ1) is 16.1. The number of anilines is 1. The highest BCUT2D eigenvalue weighted by Gasteiger charge is 2.37. The summed E-state index contributed by atoms with van der Waals surface area (Å²) in [6.07, 6.45) is 3.29. The van der Waals surface area contributed by atoms with Gasteiger partial charge in [0, 0.05) is 24.0 Å². The summed E-state index contributed by atoms with van der Waals surface area (Å²) < 4.78 is 0. The summed E-state index contributed by atoms with van der Waals surface area (Å²) in [5.74, 6) is -0.0218. The van der Waals surface area contributed by atoms with E-state index in [-0.39, 0.29) is 18.0 Å². The molecule has 1 N–H and O–H groups in total. The largest absolute Gasteiger partial charge is 0.354 e. The summed E-state index contributed by atoms with van der Waals surface area (Å²) in [5, 5.41) is 4.95. The van der Waals surface area contributed by atoms with E-state index >= 15 is 0 Å². The molecule has 1 aromatic heterocycles. The van der Waals surface area contributed by atoms with Gasteiger partial charge in [0.05, 0.1) is 17.8 Å². The number of benzene rings is 1. The molecule has 1 saturated heterocycles. The van der Waals surface area contributed by atoms with Crippen LogP contribution in [0, 0.1) is 0 Å². The number of carbonyl (C=O) groups is 2. The second-order valence-electron chi connectivity index (χ2n) is 6.58. The van der Waals surface area contributed by atoms with E-state index < -0.39 is 0 Å². The molecular weight excluding hydrogens is 334 g/mol. The first-order chi connectivity index (χ1) is 12.1. The van der Waals surface area contributed by atoms with Crippen LogP contribution in [0.3, 0.4) is 0 Å². The molecule has 3 heterocycles. The Hall–Kier alpha value is -2.34. The minimum Gasteiger partial charge on any atom is -0.354 e. The van der Waals surface area contributed by atoms with E-state index in [1.165, 1.54) is 0 Å². The molecule has 6 heteroatoms. The lowest BCUT2D eigenvalue weighted by molar-refractivity contribution is 0.0589. The molecule has 1 fully saturated rings. The molecule has 1 atom stereocenters. The number of nitrogens with zero attached hydrogens (tertiary/aromatic N) is 2. The number of hydrogen-bond acceptors (Lipinski definition) is 4. The van der Waals surface area contributed by atoms with Crippen molar-refractivity contribution in [2.75, 3.05) is 18.5 Å². The van der Waals surface area contributed by atoms with E-state index in [1.54, 1.807) is 23.5 Å². The third kappa shape index (κ3) is 2.91. The molecule has 25 heavy (non-hydrogen) atoms. The van der Waals surface area contributed by atoms with Crippen LogP contribution in [0.25, 0.3) is 0 Å². The van der Waals surface area contributed by atoms with Crippen LogP contribution in [0.15, 0.2) is 35.7 Å². The number of piperidine rings is 1. The predicted octanol–water partition coefficient (Wildman–Crippen LogP) is 3.08. The fraction of sp³-hybridized carbons (Fsp3) is 0.368. The molecule has 2 amide bonds. The lowest BCUT2D eigenvalue weighted by Crippen LogP contribution is -2.55. The van der Waals surface area contributed by atoms with E-state index in [2.05, 4.69) is 10.2 Å². The summed E-state index contributed by atoms with van der Waals surface area (Å²) >= 11 is 1.62. The van der Waals surface area contributed by atoms with Gasteiger partial charge >= 0.3 is 0 Å². The maximum absolute atomic E-state index is 12.8. The van der Waals surface area contributed by atoms with Crippen LogP contribution in [-0.4, -0.2) is 36.5 Å². The maximum Gasteiger partial charge on any atom is 0.257 e. The summed E-state index contributed by atoms with van der Waals surface area (Å²) in [7, 11) is 2.02. The van der Waals surface area contributed by atoms with E-state index in [0.29, 0.717) is 17.7 Å². The van der Waals surface area contributed by atoms with Gasteiger partial charge in [0.2, 0.25) is 0 Å². The summed E-state index contributed by atoms with van der Waals surface area (Å²) in [6.45, 7) is 1.34. The number of nitrogens with one attached hydrogen (secondary N) is 1. The van der Waals surface area contributed by atoms with Gasteiger partial charge in [0.15, 0.2) is 0 Å². The van der Waals surface area contributed by atoms with Crippen LogP contribution in [0.2, 0.25) is 0 Å². The summed E-state index contributed by atoms with van der Waals surface area (Å²) in [5.41, 5.74) is 2.14. The molecule has 0 unspecified atom stereocenters. The first-order valence-electron chi connectivity index (χ1n) is 8.63. The lowest BCUT2D eigenvalue weighted by atomic mass is 9.97. The maximum atomic E-state index is 12.8. The van der Waals surface area contributed by atoms with E-state index in [4.69, 9.17) is 0 Å². The molecule has 5 nitrogen and oxygen atoms in total. The van der Waals surface area contributed by atoms with Gasteiger partial charge in [-0.2, -0.15) is 0 Å². The topological polar surface area (TPSA) is 52.7 Å². The third-order valence-electron chi connectivity index (χ3n) is 5.05. The van der Waals surface area contributed by atoms with Crippen LogP contribution in [0.1, 0.15) is 44.9 Å². The van der Waals surface area contributed by atoms with Gasteiger partial charge in [-0.25, -0.2) is 0 Å². The number of amides is 2. The normalized spacial score (nSPS) is 19.4. The molecule has 1 aromatic carbocycles. The highest BCUT2D eigenvalue weighted by atomic mass is 32.1. The van der Waals surface area contributed by atoms with Gasteiger partial charge in [0.25, 0.3) is 11.8 Å². The zero-order chi connectivity index (χ0) is 17.4. The molecule has 2 aliphatic rings. The quantitative estimate of drug-likeness (QED) is 0.921. The van der Waals surface area contributed by atoms with Gasteiger partial charge in [-0.3, -0.25) is 9.59 Å². The highest BCUT2D eigenvalue weighted by Crippen LogP contribution is 2.34. The molecule has 2 aliphatic heterocycles. The van der Waals surface area contributed by atoms with Gasteiger partial charge < -0.3 is 15.1 Å². The lowest BCUT2D eigenvalue weighted by Gasteiger charge is -2.46. The minimum atomic E-state index is -0.108. The van der Waals surface area contributed by atoms with Crippen molar-refractivity contribution < 1.29 is 9.59 Å². The smallest absolute Gasteiger partial charge is 0.257 e. The van der Waals surface area contributed by atoms with Gasteiger partial charge in [-0.05, 0) is 48.9 Å². The molecule has 130 valence electrons. The Morgan fingerprint density at radius 2 is 2.20 bits per heavy atom. The number of hydrogen-bond donors (Lipinski definition) is 1. The zero-order valence-corrected chi connectivity index (χ0v) is 15.0. The van der Waals surface area contributed by atoms with Crippen molar-refractivity contribution in [3.8, 4) is 0 Å². The molecule has 0 saturated carbocycles. The van der Waals surface area contributed by atoms with Gasteiger partial charge in [-0.15, -0.1) is 11.3 Å². The van der Waals surface area contributed by atoms with Crippen LogP contribution in [-0.2, 0) is 6.54 Å². The number of rotatable bonds is 3. The van der Waals surface area contributed by atoms with Crippen molar-refractivity contribution >= 4 is 28.8 Å². The molecule has 4 rings (SSSR count). The minimum absolute atomic E-state index is 0.0864. The Kier molecular flexibility index (Phi) is 4.21. The van der Waals surface area contributed by atoms with Gasteiger partial charge in [0.1, 0.15) is 6.17 Å². The van der Waals surface area contributed by atoms with E-state index in [1.807, 2.05) is 35.5 Å². The molecule has 0 spiro atoms. The summed E-state index contributed by atoms with van der Waals surface area (Å²) in [6, 6.07) is 9.37. The standard InChI is InChI=1S/C19H21N3O2S/c1-21-16-11-13(18(23)20-12-14-5-4-10-25-14)7-8-15(16)19(24)22-9-3-2-6-17(21)22/h4-5,7-8,10-11,17H,2-3,6,9,12H2,1H3,(H,20,23)/t17-/m1/s1. The Bertz CT molecular complexity index is 803. The Morgan fingerprint density at radius 1 is 1.32 bits per heavy atom. The van der Waals surface area contributed by atoms with Crippen LogP contribution in [0.4, 0.5) is 5.69 Å². The van der Waals surface area contributed by atoms with Crippen molar-refractivity contribution in [3.05, 3.63) is 51.7 Å². The van der Waals surface area contributed by atoms with Crippen LogP contribution >= 0.6 is 11.3 Å². The molecule has 0 bridgehead atoms. The molecular formula is C19H21N3O2S. The number of fused-ring (bicyclic) bond motifs is 2. The predicted molar refractivity (Wildman–Crippen MR) is 99.0 cm³/mol. The second kappa shape index (κ2) is 6.52. The number of carbonyl (C=O) groups excluding carboxylic acids is 2. The molecule has 0 aliphatic carbocycles. The SMILES string of the molecule is CN1c2cc(C(=O)NCc3cccs3)ccc2C(=O)N2CCCC[C@@H]21. The fourth-order valence-corrected chi connectivity index (χ4v) is 4.34. The first-order valence-corrected chi connectivity index (χ1v) is 9.51. The fourth-order valence-electron chi connectivity index (χ4n) is 3.70.